The minimum atomic E-state index is -0.548. The highest BCUT2D eigenvalue weighted by atomic mass is 19.1. The van der Waals surface area contributed by atoms with Crippen molar-refractivity contribution >= 4 is 16.8 Å². The van der Waals surface area contributed by atoms with Crippen LogP contribution in [0.15, 0.2) is 53.7 Å². The van der Waals surface area contributed by atoms with Gasteiger partial charge in [0.1, 0.15) is 11.4 Å². The van der Waals surface area contributed by atoms with E-state index in [0.29, 0.717) is 11.9 Å². The molecule has 140 valence electrons. The number of halogens is 1. The number of aliphatic hydroxyl groups excluding tert-OH is 1. The molecule has 3 aromatic rings. The number of hydrogen-bond acceptors (Lipinski definition) is 4. The van der Waals surface area contributed by atoms with Crippen LogP contribution in [0, 0.1) is 5.82 Å². The monoisotopic (exact) mass is 369 g/mol. The Morgan fingerprint density at radius 2 is 2.04 bits per heavy atom. The second-order valence-electron chi connectivity index (χ2n) is 6.25. The van der Waals surface area contributed by atoms with Gasteiger partial charge in [-0.05, 0) is 42.3 Å². The van der Waals surface area contributed by atoms with Crippen molar-refractivity contribution < 1.29 is 14.3 Å². The van der Waals surface area contributed by atoms with Gasteiger partial charge in [0, 0.05) is 36.0 Å². The van der Waals surface area contributed by atoms with Crippen LogP contribution in [0.2, 0.25) is 0 Å². The molecule has 0 bridgehead atoms. The average Bonchev–Trinajstić information content (AvgIpc) is 2.69. The number of nitrogens with zero attached hydrogens (tertiary/aromatic N) is 2. The first kappa shape index (κ1) is 18.7. The Bertz CT molecular complexity index is 1000. The van der Waals surface area contributed by atoms with E-state index in [1.165, 1.54) is 23.2 Å². The topological polar surface area (TPSA) is 86.3 Å². The first-order chi connectivity index (χ1) is 13.0. The van der Waals surface area contributed by atoms with Crippen LogP contribution in [0.4, 0.5) is 4.39 Å². The van der Waals surface area contributed by atoms with Crippen molar-refractivity contribution in [1.82, 2.24) is 14.9 Å². The van der Waals surface area contributed by atoms with Gasteiger partial charge >= 0.3 is 0 Å². The average molecular weight is 369 g/mol. The van der Waals surface area contributed by atoms with E-state index in [2.05, 4.69) is 9.97 Å². The molecule has 2 aromatic heterocycles. The molecule has 0 aliphatic rings. The van der Waals surface area contributed by atoms with E-state index >= 15 is 0 Å². The highest BCUT2D eigenvalue weighted by molar-refractivity contribution is 5.97. The third-order valence-corrected chi connectivity index (χ3v) is 4.56. The molecule has 2 heterocycles. The zero-order valence-electron chi connectivity index (χ0n) is 14.9. The molecule has 0 saturated heterocycles. The molecule has 0 unspecified atom stereocenters. The Hall–Kier alpha value is -3.06. The van der Waals surface area contributed by atoms with Crippen molar-refractivity contribution in [2.24, 2.45) is 0 Å². The lowest BCUT2D eigenvalue weighted by Gasteiger charge is -2.30. The number of fused-ring (bicyclic) bond motifs is 1. The van der Waals surface area contributed by atoms with Gasteiger partial charge in [0.25, 0.3) is 5.91 Å². The maximum absolute atomic E-state index is 13.5. The first-order valence-electron chi connectivity index (χ1n) is 8.66. The van der Waals surface area contributed by atoms with Gasteiger partial charge in [-0.1, -0.05) is 6.92 Å². The molecule has 0 saturated carbocycles. The van der Waals surface area contributed by atoms with Crippen molar-refractivity contribution in [3.8, 4) is 0 Å². The van der Waals surface area contributed by atoms with Crippen LogP contribution in [0.3, 0.4) is 0 Å². The maximum atomic E-state index is 13.5. The number of aromatic nitrogens is 2. The highest BCUT2D eigenvalue weighted by Gasteiger charge is 2.26. The van der Waals surface area contributed by atoms with E-state index in [0.717, 1.165) is 11.6 Å². The molecule has 27 heavy (non-hydrogen) atoms. The summed E-state index contributed by atoms with van der Waals surface area (Å²) in [7, 11) is 0. The summed E-state index contributed by atoms with van der Waals surface area (Å²) in [6.07, 6.45) is 5.09. The number of nitrogens with one attached hydrogen (secondary N) is 1. The Kier molecular flexibility index (Phi) is 5.61. The Morgan fingerprint density at radius 3 is 2.70 bits per heavy atom. The second-order valence-corrected chi connectivity index (χ2v) is 6.25. The standard InChI is InChI=1S/C20H20FN3O3/c1-2-15(12-25)24(11-13-5-7-22-8-6-13)20(27)17-10-23-18-4-3-14(21)9-16(18)19(17)26/h3-10,15,25H,2,11-12H2,1H3,(H,23,26)/t15-/m0/s1. The van der Waals surface area contributed by atoms with Crippen LogP contribution in [-0.4, -0.2) is 38.5 Å². The van der Waals surface area contributed by atoms with E-state index in [1.54, 1.807) is 24.5 Å². The molecule has 0 radical (unpaired) electrons. The number of carbonyl (C=O) groups excluding carboxylic acids is 1. The fourth-order valence-electron chi connectivity index (χ4n) is 3.00. The van der Waals surface area contributed by atoms with Crippen molar-refractivity contribution in [3.63, 3.8) is 0 Å². The van der Waals surface area contributed by atoms with E-state index in [1.807, 2.05) is 6.92 Å². The third-order valence-electron chi connectivity index (χ3n) is 4.56. The zero-order valence-corrected chi connectivity index (χ0v) is 14.9. The van der Waals surface area contributed by atoms with Crippen LogP contribution >= 0.6 is 0 Å². The summed E-state index contributed by atoms with van der Waals surface area (Å²) in [6, 6.07) is 6.90. The zero-order chi connectivity index (χ0) is 19.4. The molecular formula is C20H20FN3O3. The van der Waals surface area contributed by atoms with Crippen LogP contribution in [0.25, 0.3) is 10.9 Å². The minimum Gasteiger partial charge on any atom is -0.394 e. The molecule has 0 aliphatic heterocycles. The normalized spacial score (nSPS) is 12.1. The van der Waals surface area contributed by atoms with E-state index in [4.69, 9.17) is 0 Å². The summed E-state index contributed by atoms with van der Waals surface area (Å²) in [4.78, 5) is 34.2. The van der Waals surface area contributed by atoms with Gasteiger partial charge in [-0.2, -0.15) is 0 Å². The first-order valence-corrected chi connectivity index (χ1v) is 8.66. The Labute approximate surface area is 155 Å². The molecule has 6 nitrogen and oxygen atoms in total. The third kappa shape index (κ3) is 3.88. The van der Waals surface area contributed by atoms with Crippen LogP contribution in [-0.2, 0) is 6.54 Å². The van der Waals surface area contributed by atoms with Gasteiger partial charge < -0.3 is 15.0 Å². The second kappa shape index (κ2) is 8.09. The predicted molar refractivity (Wildman–Crippen MR) is 99.8 cm³/mol. The van der Waals surface area contributed by atoms with Gasteiger partial charge in [-0.3, -0.25) is 14.6 Å². The van der Waals surface area contributed by atoms with Gasteiger partial charge in [-0.25, -0.2) is 4.39 Å². The highest BCUT2D eigenvalue weighted by Crippen LogP contribution is 2.16. The summed E-state index contributed by atoms with van der Waals surface area (Å²) in [5, 5.41) is 9.82. The summed E-state index contributed by atoms with van der Waals surface area (Å²) in [5.41, 5.74) is 0.649. The number of rotatable bonds is 6. The lowest BCUT2D eigenvalue weighted by atomic mass is 10.1. The lowest BCUT2D eigenvalue weighted by Crippen LogP contribution is -2.43. The molecule has 2 N–H and O–H groups in total. The Morgan fingerprint density at radius 1 is 1.30 bits per heavy atom. The molecule has 1 aromatic carbocycles. The molecule has 1 atom stereocenters. The number of aliphatic hydroxyl groups is 1. The SMILES string of the molecule is CC[C@@H](CO)N(Cc1ccncc1)C(=O)c1c[nH]c2ccc(F)cc2c1=O. The van der Waals surface area contributed by atoms with Crippen LogP contribution in [0.1, 0.15) is 29.3 Å². The van der Waals surface area contributed by atoms with Gasteiger partial charge in [0.15, 0.2) is 0 Å². The van der Waals surface area contributed by atoms with E-state index in [9.17, 15) is 19.1 Å². The number of aromatic amines is 1. The number of benzene rings is 1. The smallest absolute Gasteiger partial charge is 0.259 e. The molecule has 3 rings (SSSR count). The number of pyridine rings is 2. The van der Waals surface area contributed by atoms with E-state index < -0.39 is 23.2 Å². The number of carbonyl (C=O) groups is 1. The Balaban J connectivity index is 2.04. The van der Waals surface area contributed by atoms with Crippen molar-refractivity contribution in [2.75, 3.05) is 6.61 Å². The van der Waals surface area contributed by atoms with Gasteiger partial charge in [0.2, 0.25) is 5.43 Å². The van der Waals surface area contributed by atoms with Crippen molar-refractivity contribution in [3.05, 3.63) is 76.1 Å². The summed E-state index contributed by atoms with van der Waals surface area (Å²) in [6.45, 7) is 1.85. The van der Waals surface area contributed by atoms with Crippen molar-refractivity contribution in [1.29, 1.82) is 0 Å². The fraction of sp³-hybridized carbons (Fsp3) is 0.250. The van der Waals surface area contributed by atoms with Gasteiger partial charge in [0.05, 0.1) is 12.6 Å². The van der Waals surface area contributed by atoms with Gasteiger partial charge in [-0.15, -0.1) is 0 Å². The van der Waals surface area contributed by atoms with Crippen molar-refractivity contribution in [2.45, 2.75) is 25.9 Å². The predicted octanol–water partition coefficient (Wildman–Crippen LogP) is 2.48. The van der Waals surface area contributed by atoms with Crippen LogP contribution < -0.4 is 5.43 Å². The lowest BCUT2D eigenvalue weighted by molar-refractivity contribution is 0.0562. The van der Waals surface area contributed by atoms with Crippen LogP contribution in [0.5, 0.6) is 0 Å². The van der Waals surface area contributed by atoms with E-state index in [-0.39, 0.29) is 24.1 Å². The molecular weight excluding hydrogens is 349 g/mol. The molecule has 7 heteroatoms. The number of H-pyrrole nitrogens is 1. The molecule has 0 fully saturated rings. The quantitative estimate of drug-likeness (QED) is 0.699. The minimum absolute atomic E-state index is 0.0888. The summed E-state index contributed by atoms with van der Waals surface area (Å²) >= 11 is 0. The molecule has 1 amide bonds. The summed E-state index contributed by atoms with van der Waals surface area (Å²) in [5.74, 6) is -1.06. The molecule has 0 aliphatic carbocycles. The maximum Gasteiger partial charge on any atom is 0.259 e. The number of amides is 1. The summed E-state index contributed by atoms with van der Waals surface area (Å²) < 4.78 is 13.5. The fourth-order valence-corrected chi connectivity index (χ4v) is 3.00. The number of hydrogen-bond donors (Lipinski definition) is 2. The molecule has 0 spiro atoms. The largest absolute Gasteiger partial charge is 0.394 e.